The Morgan fingerprint density at radius 2 is 1.79 bits per heavy atom. The molecule has 7 nitrogen and oxygen atoms in total. The van der Waals surface area contributed by atoms with E-state index < -0.39 is 23.5 Å². The number of H-pyrrole nitrogens is 1. The van der Waals surface area contributed by atoms with Gasteiger partial charge in [-0.15, -0.1) is 0 Å². The summed E-state index contributed by atoms with van der Waals surface area (Å²) in [5.74, 6) is -1.00. The maximum absolute atomic E-state index is 12.6. The largest absolute Gasteiger partial charge is 0.497 e. The highest BCUT2D eigenvalue weighted by atomic mass is 32.1. The molecule has 0 aliphatic carbocycles. The topological polar surface area (TPSA) is 92.5 Å². The van der Waals surface area contributed by atoms with E-state index in [1.165, 1.54) is 0 Å². The van der Waals surface area contributed by atoms with E-state index in [0.717, 1.165) is 27.8 Å². The van der Waals surface area contributed by atoms with Crippen LogP contribution in [-0.4, -0.2) is 40.6 Å². The number of thiocarbonyl (C=S) groups is 1. The van der Waals surface area contributed by atoms with E-state index in [2.05, 4.69) is 15.6 Å². The quantitative estimate of drug-likeness (QED) is 0.279. The van der Waals surface area contributed by atoms with Crippen LogP contribution in [0.1, 0.15) is 31.9 Å². The minimum atomic E-state index is -0.940. The Hall–Kier alpha value is -3.39. The molecule has 0 aliphatic rings. The molecule has 1 aromatic heterocycles. The highest BCUT2D eigenvalue weighted by Gasteiger charge is 2.27. The van der Waals surface area contributed by atoms with Crippen LogP contribution in [-0.2, 0) is 27.3 Å². The van der Waals surface area contributed by atoms with Gasteiger partial charge in [-0.3, -0.25) is 4.79 Å². The van der Waals surface area contributed by atoms with Gasteiger partial charge in [-0.25, -0.2) is 4.79 Å². The number of hydrogen-bond acceptors (Lipinski definition) is 5. The van der Waals surface area contributed by atoms with Crippen molar-refractivity contribution in [1.29, 1.82) is 0 Å². The fraction of sp³-hybridized carbons (Fsp3) is 0.320. The molecule has 2 aromatic carbocycles. The van der Waals surface area contributed by atoms with Crippen LogP contribution >= 0.6 is 12.2 Å². The number of ether oxygens (including phenoxy) is 2. The van der Waals surface area contributed by atoms with Gasteiger partial charge in [0.25, 0.3) is 0 Å². The normalized spacial score (nSPS) is 12.1. The average molecular weight is 468 g/mol. The van der Waals surface area contributed by atoms with E-state index >= 15 is 0 Å². The van der Waals surface area contributed by atoms with Gasteiger partial charge in [0.1, 0.15) is 11.4 Å². The van der Waals surface area contributed by atoms with Gasteiger partial charge in [0.2, 0.25) is 0 Å². The highest BCUT2D eigenvalue weighted by Crippen LogP contribution is 2.20. The molecule has 3 aromatic rings. The zero-order valence-corrected chi connectivity index (χ0v) is 20.0. The molecular weight excluding hydrogens is 438 g/mol. The lowest BCUT2D eigenvalue weighted by Crippen LogP contribution is -2.50. The summed E-state index contributed by atoms with van der Waals surface area (Å²) in [6, 6.07) is 14.9. The van der Waals surface area contributed by atoms with Gasteiger partial charge < -0.3 is 25.1 Å². The smallest absolute Gasteiger partial charge is 0.397 e. The molecule has 0 aliphatic heterocycles. The monoisotopic (exact) mass is 467 g/mol. The lowest BCUT2D eigenvalue weighted by atomic mass is 10.0. The van der Waals surface area contributed by atoms with Crippen molar-refractivity contribution in [3.63, 3.8) is 0 Å². The summed E-state index contributed by atoms with van der Waals surface area (Å²) >= 11 is 5.62. The first-order chi connectivity index (χ1) is 15.7. The number of carbonyl (C=O) groups excluding carboxylic acids is 2. The Morgan fingerprint density at radius 1 is 1.09 bits per heavy atom. The fourth-order valence-corrected chi connectivity index (χ4v) is 3.54. The van der Waals surface area contributed by atoms with Crippen molar-refractivity contribution in [2.75, 3.05) is 7.11 Å². The van der Waals surface area contributed by atoms with Crippen LogP contribution in [0.25, 0.3) is 10.9 Å². The summed E-state index contributed by atoms with van der Waals surface area (Å²) in [7, 11) is 1.62. The molecule has 0 saturated carbocycles. The highest BCUT2D eigenvalue weighted by molar-refractivity contribution is 7.80. The first-order valence-corrected chi connectivity index (χ1v) is 11.1. The van der Waals surface area contributed by atoms with Crippen LogP contribution in [0.4, 0.5) is 0 Å². The molecule has 0 radical (unpaired) electrons. The van der Waals surface area contributed by atoms with Crippen LogP contribution < -0.4 is 15.4 Å². The van der Waals surface area contributed by atoms with Gasteiger partial charge in [-0.05, 0) is 50.1 Å². The van der Waals surface area contributed by atoms with E-state index in [9.17, 15) is 9.59 Å². The first kappa shape index (κ1) is 24.3. The van der Waals surface area contributed by atoms with E-state index in [1.54, 1.807) is 27.9 Å². The van der Waals surface area contributed by atoms with Crippen molar-refractivity contribution < 1.29 is 19.1 Å². The van der Waals surface area contributed by atoms with Gasteiger partial charge in [0, 0.05) is 30.1 Å². The van der Waals surface area contributed by atoms with E-state index in [4.69, 9.17) is 21.7 Å². The molecule has 3 N–H and O–H groups in total. The Bertz CT molecular complexity index is 1130. The second-order valence-corrected chi connectivity index (χ2v) is 9.10. The summed E-state index contributed by atoms with van der Waals surface area (Å²) in [5, 5.41) is 6.98. The van der Waals surface area contributed by atoms with E-state index in [0.29, 0.717) is 18.0 Å². The number of methoxy groups -OCH3 is 1. The predicted molar refractivity (Wildman–Crippen MR) is 132 cm³/mol. The minimum absolute atomic E-state index is 0.410. The van der Waals surface area contributed by atoms with Crippen molar-refractivity contribution in [1.82, 2.24) is 15.6 Å². The van der Waals surface area contributed by atoms with Crippen LogP contribution in [0.3, 0.4) is 0 Å². The van der Waals surface area contributed by atoms with Crippen LogP contribution in [0.15, 0.2) is 54.7 Å². The second kappa shape index (κ2) is 10.5. The minimum Gasteiger partial charge on any atom is -0.497 e. The third kappa shape index (κ3) is 6.79. The number of fused-ring (bicyclic) bond motifs is 1. The number of aromatic amines is 1. The van der Waals surface area contributed by atoms with Crippen LogP contribution in [0.5, 0.6) is 5.75 Å². The number of carbonyl (C=O) groups is 2. The number of nitrogens with one attached hydrogen (secondary N) is 3. The first-order valence-electron chi connectivity index (χ1n) is 10.7. The standard InChI is InChI=1S/C25H29N3O4S/c1-25(2,3)32-24(30)22(29)28-21(13-17-15-26-20-8-6-5-7-19(17)20)23(33)27-14-16-9-11-18(31-4)12-10-16/h5-12,15,21,26H,13-14H2,1-4H3,(H,27,33)(H,28,29)/t21-/m0/s1. The Balaban J connectivity index is 1.75. The fourth-order valence-electron chi connectivity index (χ4n) is 3.33. The number of esters is 1. The van der Waals surface area contributed by atoms with Crippen LogP contribution in [0.2, 0.25) is 0 Å². The number of hydrogen-bond donors (Lipinski definition) is 3. The lowest BCUT2D eigenvalue weighted by Gasteiger charge is -2.23. The number of benzene rings is 2. The Kier molecular flexibility index (Phi) is 7.71. The van der Waals surface area contributed by atoms with Gasteiger partial charge >= 0.3 is 11.9 Å². The molecule has 0 spiro atoms. The van der Waals surface area contributed by atoms with E-state index in [-0.39, 0.29) is 0 Å². The van der Waals surface area contributed by atoms with Gasteiger partial charge in [0.15, 0.2) is 0 Å². The van der Waals surface area contributed by atoms with Crippen molar-refractivity contribution >= 4 is 40.0 Å². The van der Waals surface area contributed by atoms with Crippen molar-refractivity contribution in [3.05, 3.63) is 65.9 Å². The number of rotatable bonds is 7. The molecule has 1 atom stereocenters. The lowest BCUT2D eigenvalue weighted by molar-refractivity contribution is -0.163. The van der Waals surface area contributed by atoms with Crippen molar-refractivity contribution in [2.24, 2.45) is 0 Å². The van der Waals surface area contributed by atoms with Gasteiger partial charge in [-0.1, -0.05) is 42.5 Å². The zero-order valence-electron chi connectivity index (χ0n) is 19.2. The molecule has 0 unspecified atom stereocenters. The number of para-hydroxylation sites is 1. The Labute approximate surface area is 198 Å². The van der Waals surface area contributed by atoms with Crippen molar-refractivity contribution in [3.8, 4) is 5.75 Å². The summed E-state index contributed by atoms with van der Waals surface area (Å²) < 4.78 is 10.4. The third-order valence-electron chi connectivity index (χ3n) is 4.93. The summed E-state index contributed by atoms with van der Waals surface area (Å²) in [6.45, 7) is 5.60. The molecule has 3 rings (SSSR count). The number of amides is 1. The molecule has 0 fully saturated rings. The molecule has 1 heterocycles. The average Bonchev–Trinajstić information content (AvgIpc) is 3.19. The van der Waals surface area contributed by atoms with Gasteiger partial charge in [0.05, 0.1) is 18.1 Å². The van der Waals surface area contributed by atoms with E-state index in [1.807, 2.05) is 54.7 Å². The summed E-state index contributed by atoms with van der Waals surface area (Å²) in [6.07, 6.45) is 2.30. The van der Waals surface area contributed by atoms with Crippen molar-refractivity contribution in [2.45, 2.75) is 45.4 Å². The number of aromatic nitrogens is 1. The van der Waals surface area contributed by atoms with Crippen LogP contribution in [0, 0.1) is 0 Å². The summed E-state index contributed by atoms with van der Waals surface area (Å²) in [4.78, 5) is 28.5. The molecule has 0 saturated heterocycles. The SMILES string of the molecule is COc1ccc(CNC(=S)[C@H](Cc2c[nH]c3ccccc23)NC(=O)C(=O)OC(C)(C)C)cc1. The zero-order chi connectivity index (χ0) is 24.0. The molecule has 1 amide bonds. The molecule has 0 bridgehead atoms. The van der Waals surface area contributed by atoms with Gasteiger partial charge in [-0.2, -0.15) is 0 Å². The third-order valence-corrected chi connectivity index (χ3v) is 5.36. The summed E-state index contributed by atoms with van der Waals surface area (Å²) in [5.41, 5.74) is 2.20. The maximum atomic E-state index is 12.6. The second-order valence-electron chi connectivity index (χ2n) is 8.66. The Morgan fingerprint density at radius 3 is 2.45 bits per heavy atom. The molecular formula is C25H29N3O4S. The maximum Gasteiger partial charge on any atom is 0.397 e. The molecule has 174 valence electrons. The molecule has 8 heteroatoms. The molecule has 33 heavy (non-hydrogen) atoms. The predicted octanol–water partition coefficient (Wildman–Crippen LogP) is 3.66.